The number of pyridine rings is 1. The number of ether oxygens (including phenoxy) is 1. The van der Waals surface area contributed by atoms with Gasteiger partial charge in [0.05, 0.1) is 19.0 Å². The molecule has 1 aromatic carbocycles. The van der Waals surface area contributed by atoms with Crippen LogP contribution in [-0.4, -0.2) is 27.0 Å². The lowest BCUT2D eigenvalue weighted by Crippen LogP contribution is -1.87. The minimum Gasteiger partial charge on any atom is -0.497 e. The maximum absolute atomic E-state index is 5.18. The standard InChI is InChI=1S/C17H12N4OS/c1-22-13-4-2-11(3-5-13)14-10-19-15-17(20-14)23-16(21-15)12-6-8-18-9-7-12/h2-10H,1H3. The third-order valence-electron chi connectivity index (χ3n) is 3.44. The first-order chi connectivity index (χ1) is 11.3. The third kappa shape index (κ3) is 2.64. The lowest BCUT2D eigenvalue weighted by Gasteiger charge is -2.02. The Hall–Kier alpha value is -2.86. The summed E-state index contributed by atoms with van der Waals surface area (Å²) in [7, 11) is 1.65. The van der Waals surface area contributed by atoms with Crippen LogP contribution in [0.5, 0.6) is 5.75 Å². The van der Waals surface area contributed by atoms with Crippen LogP contribution in [0.15, 0.2) is 55.0 Å². The average molecular weight is 320 g/mol. The van der Waals surface area contributed by atoms with Crippen LogP contribution in [0.3, 0.4) is 0 Å². The summed E-state index contributed by atoms with van der Waals surface area (Å²) in [4.78, 5) is 18.5. The van der Waals surface area contributed by atoms with Crippen LogP contribution in [0.1, 0.15) is 0 Å². The van der Waals surface area contributed by atoms with Crippen LogP contribution in [0.2, 0.25) is 0 Å². The van der Waals surface area contributed by atoms with Crippen LogP contribution in [0, 0.1) is 0 Å². The summed E-state index contributed by atoms with van der Waals surface area (Å²) in [5.74, 6) is 0.820. The van der Waals surface area contributed by atoms with Crippen LogP contribution >= 0.6 is 11.3 Å². The molecular weight excluding hydrogens is 308 g/mol. The van der Waals surface area contributed by atoms with Crippen molar-refractivity contribution < 1.29 is 4.74 Å². The Labute approximate surface area is 136 Å². The molecule has 0 fully saturated rings. The molecule has 0 N–H and O–H groups in total. The Balaban J connectivity index is 1.75. The van der Waals surface area contributed by atoms with Crippen LogP contribution in [-0.2, 0) is 0 Å². The van der Waals surface area contributed by atoms with Gasteiger partial charge in [-0.05, 0) is 36.4 Å². The molecular formula is C17H12N4OS. The van der Waals surface area contributed by atoms with Crippen molar-refractivity contribution in [3.63, 3.8) is 0 Å². The molecule has 6 heteroatoms. The van der Waals surface area contributed by atoms with Crippen molar-refractivity contribution in [1.82, 2.24) is 19.9 Å². The second-order valence-corrected chi connectivity index (χ2v) is 5.84. The molecule has 23 heavy (non-hydrogen) atoms. The normalized spacial score (nSPS) is 10.8. The number of aromatic nitrogens is 4. The van der Waals surface area contributed by atoms with Gasteiger partial charge in [0.15, 0.2) is 10.5 Å². The summed E-state index contributed by atoms with van der Waals surface area (Å²) < 4.78 is 5.18. The van der Waals surface area contributed by atoms with Crippen LogP contribution in [0.4, 0.5) is 0 Å². The Kier molecular flexibility index (Phi) is 3.44. The van der Waals surface area contributed by atoms with Gasteiger partial charge in [0.2, 0.25) is 0 Å². The molecule has 4 aromatic rings. The summed E-state index contributed by atoms with van der Waals surface area (Å²) in [6, 6.07) is 11.6. The molecule has 4 rings (SSSR count). The van der Waals surface area contributed by atoms with Crippen molar-refractivity contribution in [3.05, 3.63) is 55.0 Å². The molecule has 112 valence electrons. The molecule has 5 nitrogen and oxygen atoms in total. The predicted molar refractivity (Wildman–Crippen MR) is 90.4 cm³/mol. The number of benzene rings is 1. The number of rotatable bonds is 3. The van der Waals surface area contributed by atoms with Crippen molar-refractivity contribution in [3.8, 4) is 27.6 Å². The van der Waals surface area contributed by atoms with Gasteiger partial charge in [0.1, 0.15) is 10.8 Å². The van der Waals surface area contributed by atoms with Crippen LogP contribution < -0.4 is 4.74 Å². The SMILES string of the molecule is COc1ccc(-c2cnc3nc(-c4ccncc4)sc3n2)cc1. The molecule has 0 aliphatic heterocycles. The second kappa shape index (κ2) is 5.73. The number of fused-ring (bicyclic) bond motifs is 1. The zero-order valence-electron chi connectivity index (χ0n) is 12.3. The fraction of sp³-hybridized carbons (Fsp3) is 0.0588. The van der Waals surface area contributed by atoms with Gasteiger partial charge in [-0.1, -0.05) is 11.3 Å². The van der Waals surface area contributed by atoms with Gasteiger partial charge in [-0.3, -0.25) is 4.98 Å². The minimum atomic E-state index is 0.666. The lowest BCUT2D eigenvalue weighted by molar-refractivity contribution is 0.415. The van der Waals surface area contributed by atoms with E-state index in [1.165, 1.54) is 11.3 Å². The molecule has 3 aromatic heterocycles. The molecule has 0 aliphatic rings. The maximum Gasteiger partial charge on any atom is 0.190 e. The van der Waals surface area contributed by atoms with Crippen LogP contribution in [0.25, 0.3) is 32.3 Å². The number of methoxy groups -OCH3 is 1. The topological polar surface area (TPSA) is 60.8 Å². The van der Waals surface area contributed by atoms with Crippen molar-refractivity contribution in [2.24, 2.45) is 0 Å². The number of nitrogens with zero attached hydrogens (tertiary/aromatic N) is 4. The van der Waals surface area contributed by atoms with Crippen molar-refractivity contribution >= 4 is 21.8 Å². The van der Waals surface area contributed by atoms with Crippen molar-refractivity contribution in [1.29, 1.82) is 0 Å². The van der Waals surface area contributed by atoms with Gasteiger partial charge in [0, 0.05) is 23.5 Å². The quantitative estimate of drug-likeness (QED) is 0.574. The molecule has 0 bridgehead atoms. The molecule has 0 atom stereocenters. The minimum absolute atomic E-state index is 0.666. The van der Waals surface area contributed by atoms with E-state index in [2.05, 4.69) is 19.9 Å². The highest BCUT2D eigenvalue weighted by Gasteiger charge is 2.10. The van der Waals surface area contributed by atoms with E-state index >= 15 is 0 Å². The zero-order chi connectivity index (χ0) is 15.6. The van der Waals surface area contributed by atoms with Gasteiger partial charge in [0.25, 0.3) is 0 Å². The summed E-state index contributed by atoms with van der Waals surface area (Å²) in [6.07, 6.45) is 5.26. The Morgan fingerprint density at radius 2 is 1.70 bits per heavy atom. The fourth-order valence-electron chi connectivity index (χ4n) is 2.24. The largest absolute Gasteiger partial charge is 0.497 e. The molecule has 0 spiro atoms. The van der Waals surface area contributed by atoms with E-state index < -0.39 is 0 Å². The molecule has 0 unspecified atom stereocenters. The Bertz CT molecular complexity index is 951. The molecule has 0 amide bonds. The predicted octanol–water partition coefficient (Wildman–Crippen LogP) is 3.82. The highest BCUT2D eigenvalue weighted by molar-refractivity contribution is 7.21. The summed E-state index contributed by atoms with van der Waals surface area (Å²) in [5.41, 5.74) is 3.51. The summed E-state index contributed by atoms with van der Waals surface area (Å²) in [6.45, 7) is 0. The smallest absolute Gasteiger partial charge is 0.190 e. The first kappa shape index (κ1) is 13.8. The maximum atomic E-state index is 5.18. The van der Waals surface area contributed by atoms with Crippen molar-refractivity contribution in [2.45, 2.75) is 0 Å². The number of hydrogen-bond donors (Lipinski definition) is 0. The third-order valence-corrected chi connectivity index (χ3v) is 4.42. The fourth-order valence-corrected chi connectivity index (χ4v) is 3.14. The van der Waals surface area contributed by atoms with E-state index in [1.807, 2.05) is 36.4 Å². The van der Waals surface area contributed by atoms with Gasteiger partial charge in [-0.15, -0.1) is 0 Å². The second-order valence-electron chi connectivity index (χ2n) is 4.87. The summed E-state index contributed by atoms with van der Waals surface area (Å²) >= 11 is 1.53. The Morgan fingerprint density at radius 1 is 0.913 bits per heavy atom. The summed E-state index contributed by atoms with van der Waals surface area (Å²) in [5, 5.41) is 0.897. The van der Waals surface area contributed by atoms with Gasteiger partial charge in [-0.2, -0.15) is 0 Å². The number of thiazole rings is 1. The van der Waals surface area contributed by atoms with E-state index in [-0.39, 0.29) is 0 Å². The monoisotopic (exact) mass is 320 g/mol. The van der Waals surface area contributed by atoms with Gasteiger partial charge >= 0.3 is 0 Å². The Morgan fingerprint density at radius 3 is 2.43 bits per heavy atom. The molecule has 0 saturated heterocycles. The average Bonchev–Trinajstić information content (AvgIpc) is 3.06. The first-order valence-electron chi connectivity index (χ1n) is 7.02. The van der Waals surface area contributed by atoms with Gasteiger partial charge in [-0.25, -0.2) is 15.0 Å². The molecule has 3 heterocycles. The van der Waals surface area contributed by atoms with E-state index in [0.29, 0.717) is 5.65 Å². The molecule has 0 saturated carbocycles. The zero-order valence-corrected chi connectivity index (χ0v) is 13.1. The molecule has 0 aliphatic carbocycles. The number of hydrogen-bond acceptors (Lipinski definition) is 6. The van der Waals surface area contributed by atoms with E-state index in [1.54, 1.807) is 25.7 Å². The molecule has 0 radical (unpaired) electrons. The van der Waals surface area contributed by atoms with E-state index in [4.69, 9.17) is 4.74 Å². The van der Waals surface area contributed by atoms with Crippen molar-refractivity contribution in [2.75, 3.05) is 7.11 Å². The highest BCUT2D eigenvalue weighted by atomic mass is 32.1. The van der Waals surface area contributed by atoms with E-state index in [0.717, 1.165) is 32.4 Å². The lowest BCUT2D eigenvalue weighted by atomic mass is 10.1. The van der Waals surface area contributed by atoms with E-state index in [9.17, 15) is 0 Å². The first-order valence-corrected chi connectivity index (χ1v) is 7.83. The highest BCUT2D eigenvalue weighted by Crippen LogP contribution is 2.29. The van der Waals surface area contributed by atoms with Gasteiger partial charge < -0.3 is 4.74 Å².